The van der Waals surface area contributed by atoms with Crippen molar-refractivity contribution < 1.29 is 8.78 Å². The molecule has 1 aromatic heterocycles. The molecule has 0 aromatic carbocycles. The number of aromatic nitrogens is 2. The van der Waals surface area contributed by atoms with Crippen molar-refractivity contribution in [3.05, 3.63) is 18.2 Å². The molecule has 5 nitrogen and oxygen atoms in total. The Hall–Kier alpha value is -0.930. The minimum atomic E-state index is -2.55. The average molecular weight is 387 g/mol. The van der Waals surface area contributed by atoms with Crippen LogP contribution in [0.1, 0.15) is 26.2 Å². The van der Waals surface area contributed by atoms with Crippen molar-refractivity contribution in [1.82, 2.24) is 20.2 Å². The van der Waals surface area contributed by atoms with E-state index in [-0.39, 0.29) is 24.0 Å². The van der Waals surface area contributed by atoms with Crippen molar-refractivity contribution in [3.63, 3.8) is 0 Å². The third-order valence-electron chi connectivity index (χ3n) is 2.25. The Bertz CT molecular complexity index is 373. The molecule has 0 aliphatic rings. The Morgan fingerprint density at radius 2 is 2.00 bits per heavy atom. The number of hydrogen-bond donors (Lipinski definition) is 2. The fourth-order valence-corrected chi connectivity index (χ4v) is 1.49. The molecule has 0 fully saturated rings. The van der Waals surface area contributed by atoms with E-state index in [4.69, 9.17) is 0 Å². The van der Waals surface area contributed by atoms with E-state index in [1.54, 1.807) is 0 Å². The van der Waals surface area contributed by atoms with Gasteiger partial charge in [-0.15, -0.1) is 24.0 Å². The van der Waals surface area contributed by atoms with E-state index in [1.165, 1.54) is 12.4 Å². The van der Waals surface area contributed by atoms with Crippen molar-refractivity contribution in [1.29, 1.82) is 0 Å². The predicted molar refractivity (Wildman–Crippen MR) is 82.3 cm³/mol. The van der Waals surface area contributed by atoms with Crippen molar-refractivity contribution in [2.75, 3.05) is 19.6 Å². The molecule has 110 valence electrons. The van der Waals surface area contributed by atoms with Crippen LogP contribution in [-0.2, 0) is 6.42 Å². The standard InChI is InChI=1S/C11H19F2N5.HI/c1-3-14-11(15-4-2)17-6-5-9-16-7-8-18(9)10(12)13;/h7-8,10H,3-6H2,1-2H3,(H2,14,15,17);1H. The predicted octanol–water partition coefficient (Wildman–Crippen LogP) is 2.01. The minimum absolute atomic E-state index is 0. The highest BCUT2D eigenvalue weighted by Gasteiger charge is 2.10. The van der Waals surface area contributed by atoms with E-state index in [0.29, 0.717) is 24.7 Å². The molecule has 0 saturated carbocycles. The molecule has 0 saturated heterocycles. The Labute approximate surface area is 128 Å². The zero-order chi connectivity index (χ0) is 13.4. The van der Waals surface area contributed by atoms with Gasteiger partial charge >= 0.3 is 6.55 Å². The lowest BCUT2D eigenvalue weighted by Gasteiger charge is -2.09. The van der Waals surface area contributed by atoms with E-state index in [9.17, 15) is 8.78 Å². The molecule has 0 spiro atoms. The van der Waals surface area contributed by atoms with Crippen LogP contribution in [0.5, 0.6) is 0 Å². The zero-order valence-electron chi connectivity index (χ0n) is 11.1. The average Bonchev–Trinajstić information content (AvgIpc) is 2.78. The van der Waals surface area contributed by atoms with Gasteiger partial charge in [0, 0.05) is 38.4 Å². The first kappa shape index (κ1) is 18.1. The summed E-state index contributed by atoms with van der Waals surface area (Å²) in [5, 5.41) is 6.13. The van der Waals surface area contributed by atoms with Crippen LogP contribution < -0.4 is 10.6 Å². The highest BCUT2D eigenvalue weighted by molar-refractivity contribution is 14.0. The van der Waals surface area contributed by atoms with Crippen LogP contribution in [0, 0.1) is 0 Å². The molecule has 0 aliphatic carbocycles. The van der Waals surface area contributed by atoms with E-state index < -0.39 is 6.55 Å². The molecule has 1 aromatic rings. The molecule has 1 heterocycles. The summed E-state index contributed by atoms with van der Waals surface area (Å²) >= 11 is 0. The van der Waals surface area contributed by atoms with Gasteiger partial charge in [0.2, 0.25) is 0 Å². The minimum Gasteiger partial charge on any atom is -0.357 e. The fraction of sp³-hybridized carbons (Fsp3) is 0.636. The van der Waals surface area contributed by atoms with Gasteiger partial charge in [-0.2, -0.15) is 8.78 Å². The van der Waals surface area contributed by atoms with Gasteiger partial charge in [0.05, 0.1) is 0 Å². The molecule has 1 rings (SSSR count). The molecule has 0 bridgehead atoms. The van der Waals surface area contributed by atoms with Crippen molar-refractivity contribution >= 4 is 29.9 Å². The van der Waals surface area contributed by atoms with E-state index in [0.717, 1.165) is 17.7 Å². The maximum Gasteiger partial charge on any atom is 0.319 e. The van der Waals surface area contributed by atoms with Gasteiger partial charge in [0.25, 0.3) is 0 Å². The molecule has 0 aliphatic heterocycles. The summed E-state index contributed by atoms with van der Waals surface area (Å²) in [6, 6.07) is 0. The highest BCUT2D eigenvalue weighted by Crippen LogP contribution is 2.12. The monoisotopic (exact) mass is 387 g/mol. The van der Waals surface area contributed by atoms with Gasteiger partial charge < -0.3 is 10.6 Å². The van der Waals surface area contributed by atoms with E-state index in [2.05, 4.69) is 20.6 Å². The van der Waals surface area contributed by atoms with Crippen molar-refractivity contribution in [2.24, 2.45) is 4.99 Å². The number of guanidine groups is 1. The topological polar surface area (TPSA) is 54.2 Å². The Balaban J connectivity index is 0.00000324. The van der Waals surface area contributed by atoms with Crippen LogP contribution >= 0.6 is 24.0 Å². The summed E-state index contributed by atoms with van der Waals surface area (Å²) in [6.07, 6.45) is 3.04. The first-order chi connectivity index (χ1) is 8.69. The number of hydrogen-bond acceptors (Lipinski definition) is 2. The summed E-state index contributed by atoms with van der Waals surface area (Å²) in [4.78, 5) is 8.17. The number of aliphatic imine (C=N–C) groups is 1. The lowest BCUT2D eigenvalue weighted by atomic mass is 10.4. The summed E-state index contributed by atoms with van der Waals surface area (Å²) in [7, 11) is 0. The fourth-order valence-electron chi connectivity index (χ4n) is 1.49. The molecular weight excluding hydrogens is 367 g/mol. The Morgan fingerprint density at radius 1 is 1.37 bits per heavy atom. The van der Waals surface area contributed by atoms with Gasteiger partial charge in [0.1, 0.15) is 5.82 Å². The second kappa shape index (κ2) is 9.93. The van der Waals surface area contributed by atoms with Gasteiger partial charge in [-0.1, -0.05) is 0 Å². The van der Waals surface area contributed by atoms with Crippen molar-refractivity contribution in [3.8, 4) is 0 Å². The van der Waals surface area contributed by atoms with Crippen LogP contribution in [-0.4, -0.2) is 35.1 Å². The second-order valence-electron chi connectivity index (χ2n) is 3.57. The number of nitrogens with zero attached hydrogens (tertiary/aromatic N) is 3. The number of nitrogens with one attached hydrogen (secondary N) is 2. The van der Waals surface area contributed by atoms with E-state index in [1.807, 2.05) is 13.8 Å². The van der Waals surface area contributed by atoms with E-state index >= 15 is 0 Å². The maximum atomic E-state index is 12.6. The Kier molecular flexibility index (Phi) is 9.44. The lowest BCUT2D eigenvalue weighted by molar-refractivity contribution is 0.0671. The van der Waals surface area contributed by atoms with Crippen molar-refractivity contribution in [2.45, 2.75) is 26.8 Å². The zero-order valence-corrected chi connectivity index (χ0v) is 13.4. The molecule has 2 N–H and O–H groups in total. The maximum absolute atomic E-state index is 12.6. The van der Waals surface area contributed by atoms with Gasteiger partial charge in [-0.05, 0) is 13.8 Å². The SMILES string of the molecule is CCNC(=NCCc1nccn1C(F)F)NCC.I. The third-order valence-corrected chi connectivity index (χ3v) is 2.25. The number of alkyl halides is 2. The molecule has 8 heteroatoms. The second-order valence-corrected chi connectivity index (χ2v) is 3.57. The number of rotatable bonds is 6. The quantitative estimate of drug-likeness (QED) is 0.446. The van der Waals surface area contributed by atoms with Crippen LogP contribution in [0.3, 0.4) is 0 Å². The largest absolute Gasteiger partial charge is 0.357 e. The smallest absolute Gasteiger partial charge is 0.319 e. The highest BCUT2D eigenvalue weighted by atomic mass is 127. The molecule has 0 radical (unpaired) electrons. The summed E-state index contributed by atoms with van der Waals surface area (Å²) in [5.41, 5.74) is 0. The van der Waals surface area contributed by atoms with Crippen LogP contribution in [0.2, 0.25) is 0 Å². The first-order valence-corrected chi connectivity index (χ1v) is 6.01. The van der Waals surface area contributed by atoms with Gasteiger partial charge in [-0.3, -0.25) is 9.56 Å². The van der Waals surface area contributed by atoms with Gasteiger partial charge in [-0.25, -0.2) is 4.98 Å². The lowest BCUT2D eigenvalue weighted by Crippen LogP contribution is -2.37. The first-order valence-electron chi connectivity index (χ1n) is 6.01. The summed E-state index contributed by atoms with van der Waals surface area (Å²) in [5.74, 6) is 1.04. The molecule has 0 atom stereocenters. The molecule has 0 amide bonds. The van der Waals surface area contributed by atoms with Crippen LogP contribution in [0.4, 0.5) is 8.78 Å². The number of imidazole rings is 1. The number of halogens is 3. The van der Waals surface area contributed by atoms with Gasteiger partial charge in [0.15, 0.2) is 5.96 Å². The summed E-state index contributed by atoms with van der Waals surface area (Å²) in [6.45, 7) is 3.33. The molecule has 19 heavy (non-hydrogen) atoms. The van der Waals surface area contributed by atoms with Crippen LogP contribution in [0.25, 0.3) is 0 Å². The Morgan fingerprint density at radius 3 is 2.53 bits per heavy atom. The van der Waals surface area contributed by atoms with Crippen LogP contribution in [0.15, 0.2) is 17.4 Å². The molecule has 0 unspecified atom stereocenters. The third kappa shape index (κ3) is 6.17. The summed E-state index contributed by atoms with van der Waals surface area (Å²) < 4.78 is 26.0. The normalized spacial score (nSPS) is 9.95. The molecular formula is C11H20F2IN5.